The molecule has 1 aliphatic carbocycles. The van der Waals surface area contributed by atoms with Crippen LogP contribution in [-0.2, 0) is 16.0 Å². The van der Waals surface area contributed by atoms with E-state index in [0.717, 1.165) is 18.5 Å². The predicted octanol–water partition coefficient (Wildman–Crippen LogP) is 2.96. The van der Waals surface area contributed by atoms with Crippen molar-refractivity contribution in [2.75, 3.05) is 26.2 Å². The Morgan fingerprint density at radius 2 is 1.46 bits per heavy atom. The summed E-state index contributed by atoms with van der Waals surface area (Å²) in [6.07, 6.45) is 7.35. The van der Waals surface area contributed by atoms with Crippen LogP contribution in [-0.4, -0.2) is 58.9 Å². The Morgan fingerprint density at radius 1 is 0.857 bits per heavy atom. The second kappa shape index (κ2) is 9.71. The summed E-state index contributed by atoms with van der Waals surface area (Å²) in [4.78, 5) is 39.8. The number of nitrogens with zero attached hydrogens (tertiary/aromatic N) is 2. The van der Waals surface area contributed by atoms with Gasteiger partial charge in [-0.25, -0.2) is 4.79 Å². The number of carboxylic acid groups (broad SMARTS) is 1. The summed E-state index contributed by atoms with van der Waals surface area (Å²) in [6.45, 7) is 2.67. The van der Waals surface area contributed by atoms with Crippen molar-refractivity contribution in [1.82, 2.24) is 9.80 Å². The van der Waals surface area contributed by atoms with Crippen LogP contribution in [0.25, 0.3) is 0 Å². The highest BCUT2D eigenvalue weighted by molar-refractivity contribution is 5.87. The van der Waals surface area contributed by atoms with Gasteiger partial charge >= 0.3 is 5.97 Å². The van der Waals surface area contributed by atoms with E-state index in [1.54, 1.807) is 24.3 Å². The number of carbonyl (C=O) groups is 3. The van der Waals surface area contributed by atoms with E-state index in [2.05, 4.69) is 0 Å². The number of aromatic carboxylic acids is 1. The van der Waals surface area contributed by atoms with Crippen molar-refractivity contribution in [2.45, 2.75) is 51.4 Å². The van der Waals surface area contributed by atoms with Crippen LogP contribution in [0.4, 0.5) is 0 Å². The molecular weight excluding hydrogens is 356 g/mol. The monoisotopic (exact) mass is 386 g/mol. The van der Waals surface area contributed by atoms with Gasteiger partial charge in [-0.3, -0.25) is 9.59 Å². The molecule has 0 radical (unpaired) electrons. The van der Waals surface area contributed by atoms with E-state index in [4.69, 9.17) is 5.11 Å². The molecule has 0 bridgehead atoms. The van der Waals surface area contributed by atoms with Crippen molar-refractivity contribution in [3.63, 3.8) is 0 Å². The number of aryl methyl sites for hydroxylation is 1. The third-order valence-corrected chi connectivity index (χ3v) is 5.97. The lowest BCUT2D eigenvalue weighted by atomic mass is 10.0. The predicted molar refractivity (Wildman–Crippen MR) is 106 cm³/mol. The fourth-order valence-corrected chi connectivity index (χ4v) is 4.23. The summed E-state index contributed by atoms with van der Waals surface area (Å²) >= 11 is 0. The normalized spacial score (nSPS) is 18.1. The number of hydrogen-bond donors (Lipinski definition) is 1. The standard InChI is InChI=1S/C22H30N2O4/c25-20(11-8-17-6-9-19(10-7-17)22(27)28)23-12-3-13-24(15-14-23)21(26)16-18-4-1-2-5-18/h6-7,9-10,18H,1-5,8,11-16H2,(H,27,28). The zero-order valence-electron chi connectivity index (χ0n) is 16.4. The number of amides is 2. The first-order chi connectivity index (χ1) is 13.5. The molecule has 1 saturated heterocycles. The maximum atomic E-state index is 12.6. The number of rotatable bonds is 6. The van der Waals surface area contributed by atoms with E-state index < -0.39 is 5.97 Å². The molecule has 1 saturated carbocycles. The summed E-state index contributed by atoms with van der Waals surface area (Å²) in [5.74, 6) is -0.0349. The van der Waals surface area contributed by atoms with Gasteiger partial charge in [0.25, 0.3) is 0 Å². The molecule has 0 aromatic heterocycles. The Kier molecular flexibility index (Phi) is 7.06. The first-order valence-electron chi connectivity index (χ1n) is 10.4. The first kappa shape index (κ1) is 20.4. The van der Waals surface area contributed by atoms with E-state index in [9.17, 15) is 14.4 Å². The molecule has 2 fully saturated rings. The van der Waals surface area contributed by atoms with Crippen molar-refractivity contribution < 1.29 is 19.5 Å². The summed E-state index contributed by atoms with van der Waals surface area (Å²) in [5, 5.41) is 8.94. The van der Waals surface area contributed by atoms with Gasteiger partial charge in [0.15, 0.2) is 0 Å². The topological polar surface area (TPSA) is 77.9 Å². The molecule has 1 aromatic carbocycles. The third-order valence-electron chi connectivity index (χ3n) is 5.97. The summed E-state index contributed by atoms with van der Waals surface area (Å²) < 4.78 is 0. The van der Waals surface area contributed by atoms with Crippen LogP contribution in [0, 0.1) is 5.92 Å². The van der Waals surface area contributed by atoms with E-state index >= 15 is 0 Å². The van der Waals surface area contributed by atoms with Gasteiger partial charge < -0.3 is 14.9 Å². The summed E-state index contributed by atoms with van der Waals surface area (Å²) in [7, 11) is 0. The Labute approximate surface area is 166 Å². The van der Waals surface area contributed by atoms with E-state index in [1.165, 1.54) is 25.7 Å². The van der Waals surface area contributed by atoms with E-state index in [-0.39, 0.29) is 17.4 Å². The molecule has 6 nitrogen and oxygen atoms in total. The van der Waals surface area contributed by atoms with Crippen LogP contribution in [0.3, 0.4) is 0 Å². The van der Waals surface area contributed by atoms with Gasteiger partial charge in [0.2, 0.25) is 11.8 Å². The smallest absolute Gasteiger partial charge is 0.335 e. The van der Waals surface area contributed by atoms with Crippen LogP contribution in [0.1, 0.15) is 60.9 Å². The Morgan fingerprint density at radius 3 is 2.07 bits per heavy atom. The Hall–Kier alpha value is -2.37. The maximum Gasteiger partial charge on any atom is 0.335 e. The van der Waals surface area contributed by atoms with Gasteiger partial charge in [-0.05, 0) is 49.3 Å². The molecule has 152 valence electrons. The molecule has 1 heterocycles. The van der Waals surface area contributed by atoms with Gasteiger partial charge in [-0.15, -0.1) is 0 Å². The second-order valence-electron chi connectivity index (χ2n) is 7.97. The van der Waals surface area contributed by atoms with E-state index in [1.807, 2.05) is 9.80 Å². The first-order valence-corrected chi connectivity index (χ1v) is 10.4. The molecular formula is C22H30N2O4. The van der Waals surface area contributed by atoms with Crippen LogP contribution in [0.2, 0.25) is 0 Å². The van der Waals surface area contributed by atoms with Crippen molar-refractivity contribution in [3.8, 4) is 0 Å². The molecule has 2 aliphatic rings. The number of carboxylic acids is 1. The summed E-state index contributed by atoms with van der Waals surface area (Å²) in [6, 6.07) is 6.68. The van der Waals surface area contributed by atoms with Gasteiger partial charge in [-0.1, -0.05) is 25.0 Å². The van der Waals surface area contributed by atoms with Gasteiger partial charge in [0.05, 0.1) is 5.56 Å². The molecule has 1 aliphatic heterocycles. The molecule has 3 rings (SSSR count). The molecule has 0 spiro atoms. The number of benzene rings is 1. The maximum absolute atomic E-state index is 12.6. The highest BCUT2D eigenvalue weighted by Crippen LogP contribution is 2.28. The largest absolute Gasteiger partial charge is 0.478 e. The van der Waals surface area contributed by atoms with Crippen molar-refractivity contribution in [3.05, 3.63) is 35.4 Å². The van der Waals surface area contributed by atoms with Crippen molar-refractivity contribution in [1.29, 1.82) is 0 Å². The fraction of sp³-hybridized carbons (Fsp3) is 0.591. The average Bonchev–Trinajstić information content (AvgIpc) is 3.07. The SMILES string of the molecule is O=C(O)c1ccc(CCC(=O)N2CCCN(C(=O)CC3CCCC3)CC2)cc1. The van der Waals surface area contributed by atoms with Crippen LogP contribution in [0.15, 0.2) is 24.3 Å². The second-order valence-corrected chi connectivity index (χ2v) is 7.97. The zero-order chi connectivity index (χ0) is 19.9. The number of carbonyl (C=O) groups excluding carboxylic acids is 2. The zero-order valence-corrected chi connectivity index (χ0v) is 16.4. The van der Waals surface area contributed by atoms with Crippen LogP contribution >= 0.6 is 0 Å². The highest BCUT2D eigenvalue weighted by atomic mass is 16.4. The minimum Gasteiger partial charge on any atom is -0.478 e. The molecule has 6 heteroatoms. The van der Waals surface area contributed by atoms with E-state index in [0.29, 0.717) is 44.8 Å². The van der Waals surface area contributed by atoms with Crippen molar-refractivity contribution in [2.24, 2.45) is 5.92 Å². The Bertz CT molecular complexity index is 695. The molecule has 1 N–H and O–H groups in total. The minimum atomic E-state index is -0.945. The van der Waals surface area contributed by atoms with Crippen molar-refractivity contribution >= 4 is 17.8 Å². The lowest BCUT2D eigenvalue weighted by Crippen LogP contribution is -2.37. The fourth-order valence-electron chi connectivity index (χ4n) is 4.23. The number of hydrogen-bond acceptors (Lipinski definition) is 3. The molecule has 0 unspecified atom stereocenters. The molecule has 1 aromatic rings. The molecule has 0 atom stereocenters. The average molecular weight is 386 g/mol. The lowest BCUT2D eigenvalue weighted by Gasteiger charge is -2.23. The Balaban J connectivity index is 1.44. The van der Waals surface area contributed by atoms with Gasteiger partial charge in [0, 0.05) is 39.0 Å². The van der Waals surface area contributed by atoms with Gasteiger partial charge in [0.1, 0.15) is 0 Å². The lowest BCUT2D eigenvalue weighted by molar-refractivity contribution is -0.134. The quantitative estimate of drug-likeness (QED) is 0.815. The van der Waals surface area contributed by atoms with Crippen LogP contribution in [0.5, 0.6) is 0 Å². The summed E-state index contributed by atoms with van der Waals surface area (Å²) in [5.41, 5.74) is 1.21. The molecule has 28 heavy (non-hydrogen) atoms. The van der Waals surface area contributed by atoms with Gasteiger partial charge in [-0.2, -0.15) is 0 Å². The third kappa shape index (κ3) is 5.57. The van der Waals surface area contributed by atoms with Crippen LogP contribution < -0.4 is 0 Å². The molecule has 2 amide bonds. The minimum absolute atomic E-state index is 0.104. The highest BCUT2D eigenvalue weighted by Gasteiger charge is 2.25.